The van der Waals surface area contributed by atoms with Crippen molar-refractivity contribution in [1.82, 2.24) is 10.3 Å². The van der Waals surface area contributed by atoms with Crippen LogP contribution in [0.4, 0.5) is 4.79 Å². The van der Waals surface area contributed by atoms with Gasteiger partial charge in [-0.3, -0.25) is 0 Å². The topological polar surface area (TPSA) is 83.6 Å². The number of aryl methyl sites for hydroxylation is 1. The van der Waals surface area contributed by atoms with E-state index in [9.17, 15) is 4.79 Å². The number of nitrogens with one attached hydrogen (secondary N) is 2. The number of aromatic nitrogens is 1. The minimum Gasteiger partial charge on any atom is -0.496 e. The van der Waals surface area contributed by atoms with Crippen LogP contribution in [0.15, 0.2) is 54.7 Å². The molecule has 3 aromatic rings. The van der Waals surface area contributed by atoms with Crippen molar-refractivity contribution in [2.24, 2.45) is 0 Å². The molecule has 6 nitrogen and oxygen atoms in total. The quantitative estimate of drug-likeness (QED) is 0.258. The van der Waals surface area contributed by atoms with E-state index in [-0.39, 0.29) is 0 Å². The Morgan fingerprint density at radius 1 is 1.19 bits per heavy atom. The summed E-state index contributed by atoms with van der Waals surface area (Å²) in [6.07, 6.45) is 8.23. The van der Waals surface area contributed by atoms with E-state index in [0.29, 0.717) is 11.8 Å². The smallest absolute Gasteiger partial charge is 0.496 e. The molecule has 1 aliphatic heterocycles. The molecule has 0 bridgehead atoms. The maximum Gasteiger partial charge on any atom is 0.511 e. The van der Waals surface area contributed by atoms with Crippen LogP contribution in [-0.4, -0.2) is 35.9 Å². The van der Waals surface area contributed by atoms with Crippen LogP contribution in [-0.2, 0) is 6.42 Å². The van der Waals surface area contributed by atoms with Crippen molar-refractivity contribution in [2.45, 2.75) is 38.1 Å². The van der Waals surface area contributed by atoms with Gasteiger partial charge in [-0.05, 0) is 61.1 Å². The fourth-order valence-electron chi connectivity index (χ4n) is 4.34. The van der Waals surface area contributed by atoms with Crippen LogP contribution < -0.4 is 14.8 Å². The van der Waals surface area contributed by atoms with Gasteiger partial charge in [-0.1, -0.05) is 30.7 Å². The summed E-state index contributed by atoms with van der Waals surface area (Å²) in [6, 6.07) is 14.0. The zero-order valence-electron chi connectivity index (χ0n) is 17.7. The van der Waals surface area contributed by atoms with Crippen molar-refractivity contribution in [2.75, 3.05) is 13.7 Å². The lowest BCUT2D eigenvalue weighted by Crippen LogP contribution is -2.32. The molecule has 3 N–H and O–H groups in total. The van der Waals surface area contributed by atoms with E-state index in [4.69, 9.17) is 14.6 Å². The van der Waals surface area contributed by atoms with Crippen LogP contribution in [0.25, 0.3) is 16.5 Å². The second kappa shape index (κ2) is 9.71. The van der Waals surface area contributed by atoms with Gasteiger partial charge in [0.2, 0.25) is 0 Å². The van der Waals surface area contributed by atoms with E-state index >= 15 is 0 Å². The molecule has 1 unspecified atom stereocenters. The number of fused-ring (bicyclic) bond motifs is 1. The summed E-state index contributed by atoms with van der Waals surface area (Å²) in [6.45, 7) is 0.882. The minimum atomic E-state index is -1.29. The molecule has 0 saturated carbocycles. The number of methoxy groups -OCH3 is 1. The van der Waals surface area contributed by atoms with E-state index in [0.717, 1.165) is 55.3 Å². The van der Waals surface area contributed by atoms with Crippen molar-refractivity contribution in [3.05, 3.63) is 65.9 Å². The highest BCUT2D eigenvalue weighted by Crippen LogP contribution is 2.31. The Kier molecular flexibility index (Phi) is 6.57. The molecule has 0 fully saturated rings. The second-order valence-electron chi connectivity index (χ2n) is 7.87. The number of H-pyrrole nitrogens is 1. The predicted molar refractivity (Wildman–Crippen MR) is 122 cm³/mol. The molecule has 1 atom stereocenters. The first-order valence-electron chi connectivity index (χ1n) is 10.7. The number of rotatable bonds is 8. The first-order valence-corrected chi connectivity index (χ1v) is 10.7. The van der Waals surface area contributed by atoms with Crippen LogP contribution >= 0.6 is 0 Å². The number of unbranched alkanes of at least 4 members (excludes halogenated alkanes) is 1. The fourth-order valence-corrected chi connectivity index (χ4v) is 4.34. The van der Waals surface area contributed by atoms with E-state index in [1.165, 1.54) is 16.7 Å². The lowest BCUT2D eigenvalue weighted by Gasteiger charge is -2.25. The van der Waals surface area contributed by atoms with E-state index < -0.39 is 6.16 Å². The van der Waals surface area contributed by atoms with Gasteiger partial charge in [0.25, 0.3) is 0 Å². The molecule has 0 spiro atoms. The van der Waals surface area contributed by atoms with Crippen LogP contribution in [0.2, 0.25) is 0 Å². The van der Waals surface area contributed by atoms with Crippen LogP contribution in [0.5, 0.6) is 11.5 Å². The number of aromatic amines is 1. The molecule has 0 aliphatic carbocycles. The summed E-state index contributed by atoms with van der Waals surface area (Å²) in [5.41, 5.74) is 4.73. The van der Waals surface area contributed by atoms with Gasteiger partial charge in [0.05, 0.1) is 7.11 Å². The van der Waals surface area contributed by atoms with E-state index in [2.05, 4.69) is 28.5 Å². The third kappa shape index (κ3) is 5.09. The number of carbonyl (C=O) groups is 1. The van der Waals surface area contributed by atoms with Crippen molar-refractivity contribution in [3.8, 4) is 11.5 Å². The molecule has 1 aromatic heterocycles. The zero-order chi connectivity index (χ0) is 21.6. The van der Waals surface area contributed by atoms with Gasteiger partial charge in [0.1, 0.15) is 11.5 Å². The van der Waals surface area contributed by atoms with Crippen LogP contribution in [0, 0.1) is 0 Å². The molecule has 0 amide bonds. The summed E-state index contributed by atoms with van der Waals surface area (Å²) in [4.78, 5) is 14.1. The lowest BCUT2D eigenvalue weighted by molar-refractivity contribution is 0.144. The normalized spacial score (nSPS) is 16.2. The van der Waals surface area contributed by atoms with Crippen LogP contribution in [0.1, 0.15) is 36.8 Å². The maximum absolute atomic E-state index is 10.8. The monoisotopic (exact) mass is 420 g/mol. The summed E-state index contributed by atoms with van der Waals surface area (Å²) in [5.74, 6) is 1.28. The number of para-hydroxylation sites is 1. The first-order chi connectivity index (χ1) is 15.1. The van der Waals surface area contributed by atoms with Crippen molar-refractivity contribution in [1.29, 1.82) is 0 Å². The van der Waals surface area contributed by atoms with Gasteiger partial charge in [0, 0.05) is 35.2 Å². The predicted octanol–water partition coefficient (Wildman–Crippen LogP) is 5.39. The average Bonchev–Trinajstić information content (AvgIpc) is 3.18. The molecule has 0 radical (unpaired) electrons. The molecule has 1 aliphatic rings. The second-order valence-corrected chi connectivity index (χ2v) is 7.87. The fraction of sp³-hybridized carbons (Fsp3) is 0.320. The standard InChI is InChI=1S/C25H28N2O4/c1-30-24-9-5-4-8-21(24)17-12-13-26-19(14-17)7-3-2-6-18-16-27-23-11-10-20(15-22(18)23)31-25(28)29/h4-5,8-12,15-16,19,26-27H,2-3,6-7,13-14H2,1H3,(H,28,29). The van der Waals surface area contributed by atoms with Gasteiger partial charge in [-0.2, -0.15) is 0 Å². The average molecular weight is 421 g/mol. The van der Waals surface area contributed by atoms with Gasteiger partial charge < -0.3 is 24.9 Å². The van der Waals surface area contributed by atoms with E-state index in [1.54, 1.807) is 19.2 Å². The zero-order valence-corrected chi connectivity index (χ0v) is 17.7. The Bertz CT molecular complexity index is 1090. The van der Waals surface area contributed by atoms with E-state index in [1.807, 2.05) is 24.4 Å². The van der Waals surface area contributed by atoms with Crippen LogP contribution in [0.3, 0.4) is 0 Å². The molecule has 0 saturated heterocycles. The highest BCUT2D eigenvalue weighted by molar-refractivity contribution is 5.85. The molecule has 162 valence electrons. The molecule has 6 heteroatoms. The largest absolute Gasteiger partial charge is 0.511 e. The third-order valence-electron chi connectivity index (χ3n) is 5.87. The SMILES string of the molecule is COc1ccccc1C1=CCNC(CCCCc2c[nH]c3ccc(OC(=O)O)cc23)C1. The molecule has 4 rings (SSSR count). The minimum absolute atomic E-state index is 0.350. The number of hydrogen-bond acceptors (Lipinski definition) is 4. The third-order valence-corrected chi connectivity index (χ3v) is 5.87. The number of ether oxygens (including phenoxy) is 2. The molecule has 2 heterocycles. The van der Waals surface area contributed by atoms with Gasteiger partial charge in [-0.15, -0.1) is 0 Å². The maximum atomic E-state index is 10.8. The van der Waals surface area contributed by atoms with Crippen molar-refractivity contribution >= 4 is 22.6 Å². The summed E-state index contributed by atoms with van der Waals surface area (Å²) in [7, 11) is 1.72. The van der Waals surface area contributed by atoms with Crippen molar-refractivity contribution < 1.29 is 19.4 Å². The summed E-state index contributed by atoms with van der Waals surface area (Å²) in [5, 5.41) is 13.5. The molecule has 31 heavy (non-hydrogen) atoms. The molecule has 2 aromatic carbocycles. The summed E-state index contributed by atoms with van der Waals surface area (Å²) >= 11 is 0. The highest BCUT2D eigenvalue weighted by atomic mass is 16.7. The Labute approximate surface area is 181 Å². The Balaban J connectivity index is 1.31. The van der Waals surface area contributed by atoms with Gasteiger partial charge in [0.15, 0.2) is 0 Å². The number of hydrogen-bond donors (Lipinski definition) is 3. The highest BCUT2D eigenvalue weighted by Gasteiger charge is 2.18. The van der Waals surface area contributed by atoms with Gasteiger partial charge >= 0.3 is 6.16 Å². The summed E-state index contributed by atoms with van der Waals surface area (Å²) < 4.78 is 10.3. The lowest BCUT2D eigenvalue weighted by atomic mass is 9.92. The number of benzene rings is 2. The molecular weight excluding hydrogens is 392 g/mol. The molecular formula is C25H28N2O4. The Morgan fingerprint density at radius 2 is 2.06 bits per heavy atom. The van der Waals surface area contributed by atoms with Crippen molar-refractivity contribution in [3.63, 3.8) is 0 Å². The Hall–Kier alpha value is -3.25. The first kappa shape index (κ1) is 21.0. The Morgan fingerprint density at radius 3 is 2.90 bits per heavy atom. The van der Waals surface area contributed by atoms with Gasteiger partial charge in [-0.25, -0.2) is 4.79 Å². The number of carboxylic acid groups (broad SMARTS) is 1.